The molecule has 0 radical (unpaired) electrons. The fourth-order valence-corrected chi connectivity index (χ4v) is 8.18. The number of benzene rings is 1. The minimum Gasteiger partial charge on any atom is -0.444 e. The van der Waals surface area contributed by atoms with Crippen molar-refractivity contribution in [3.05, 3.63) is 34.9 Å². The number of carbonyl (C=O) groups excluding carboxylic acids is 3. The Morgan fingerprint density at radius 1 is 0.913 bits per heavy atom. The number of halogens is 2. The first-order valence-electron chi connectivity index (χ1n) is 16.4. The molecule has 1 aliphatic heterocycles. The summed E-state index contributed by atoms with van der Waals surface area (Å²) in [6.07, 6.45) is 5.12. The molecule has 10 nitrogen and oxygen atoms in total. The molecular weight excluding hydrogens is 596 g/mol. The summed E-state index contributed by atoms with van der Waals surface area (Å²) in [6, 6.07) is 2.12. The zero-order chi connectivity index (χ0) is 33.7. The second-order valence-corrected chi connectivity index (χ2v) is 16.5. The lowest BCUT2D eigenvalue weighted by atomic mass is 9.50. The number of alkyl carbamates (subject to hydrolysis) is 1. The van der Waals surface area contributed by atoms with Gasteiger partial charge in [-0.15, -0.1) is 0 Å². The minimum atomic E-state index is -0.894. The number of urea groups is 1. The number of hydrogen-bond acceptors (Lipinski definition) is 6. The SMILES string of the molecule is CC(C)(COC(C)(C)CNC(=O)NC12CC3CC(CC(NCC(=O)N4Cc5cc(F)c(F)cc5C4)(C3)C1)C2)NC(=O)OC(C)(C)C. The van der Waals surface area contributed by atoms with Gasteiger partial charge in [-0.1, -0.05) is 0 Å². The zero-order valence-electron chi connectivity index (χ0n) is 28.3. The molecule has 0 saturated heterocycles. The molecule has 1 aromatic carbocycles. The maximum Gasteiger partial charge on any atom is 0.408 e. The monoisotopic (exact) mass is 647 g/mol. The Labute approximate surface area is 271 Å². The van der Waals surface area contributed by atoms with E-state index in [4.69, 9.17) is 9.47 Å². The van der Waals surface area contributed by atoms with Crippen molar-refractivity contribution in [2.75, 3.05) is 19.7 Å². The van der Waals surface area contributed by atoms with Crippen molar-refractivity contribution in [2.45, 2.75) is 128 Å². The quantitative estimate of drug-likeness (QED) is 0.287. The first-order valence-corrected chi connectivity index (χ1v) is 16.4. The van der Waals surface area contributed by atoms with Crippen molar-refractivity contribution in [2.24, 2.45) is 11.8 Å². The van der Waals surface area contributed by atoms with Gasteiger partial charge in [-0.05, 0) is 122 Å². The normalized spacial score (nSPS) is 26.9. The molecule has 4 amide bonds. The molecule has 46 heavy (non-hydrogen) atoms. The van der Waals surface area contributed by atoms with E-state index in [1.807, 2.05) is 27.7 Å². The summed E-state index contributed by atoms with van der Waals surface area (Å²) in [5.74, 6) is -0.959. The van der Waals surface area contributed by atoms with Crippen molar-refractivity contribution in [1.29, 1.82) is 0 Å². The minimum absolute atomic E-state index is 0.0979. The van der Waals surface area contributed by atoms with Crippen LogP contribution in [0.3, 0.4) is 0 Å². The standard InChI is InChI=1S/C34H51F2N5O5/c1-30(2,3)46-29(44)40-31(4,5)20-45-32(6,7)19-37-28(43)39-34-13-21-8-22(14-34)12-33(11-21,18-34)38-15-27(42)41-16-23-9-25(35)26(36)10-24(23)17-41/h9-10,21-22,38H,8,11-20H2,1-7H3,(H,40,44)(H2,37,39,43). The molecule has 256 valence electrons. The van der Waals surface area contributed by atoms with Crippen molar-refractivity contribution in [1.82, 2.24) is 26.2 Å². The molecule has 4 fully saturated rings. The summed E-state index contributed by atoms with van der Waals surface area (Å²) in [6.45, 7) is 14.1. The van der Waals surface area contributed by atoms with Crippen LogP contribution in [0.1, 0.15) is 98.1 Å². The Morgan fingerprint density at radius 3 is 2.04 bits per heavy atom. The van der Waals surface area contributed by atoms with E-state index in [-0.39, 0.29) is 55.8 Å². The van der Waals surface area contributed by atoms with Gasteiger partial charge in [-0.3, -0.25) is 4.79 Å². The van der Waals surface area contributed by atoms with E-state index < -0.39 is 34.5 Å². The van der Waals surface area contributed by atoms with Crippen molar-refractivity contribution >= 4 is 18.0 Å². The summed E-state index contributed by atoms with van der Waals surface area (Å²) in [7, 11) is 0. The highest BCUT2D eigenvalue weighted by Gasteiger charge is 2.58. The van der Waals surface area contributed by atoms with Gasteiger partial charge >= 0.3 is 12.1 Å². The van der Waals surface area contributed by atoms with Crippen LogP contribution in [-0.4, -0.2) is 70.4 Å². The molecule has 4 saturated carbocycles. The summed E-state index contributed by atoms with van der Waals surface area (Å²) >= 11 is 0. The van der Waals surface area contributed by atoms with Crippen molar-refractivity contribution in [3.63, 3.8) is 0 Å². The summed E-state index contributed by atoms with van der Waals surface area (Å²) in [5, 5.41) is 12.8. The van der Waals surface area contributed by atoms with Gasteiger partial charge in [0.15, 0.2) is 11.6 Å². The Kier molecular flexibility index (Phi) is 9.13. The highest BCUT2D eigenvalue weighted by Crippen LogP contribution is 2.57. The Balaban J connectivity index is 1.11. The van der Waals surface area contributed by atoms with Crippen LogP contribution in [0.15, 0.2) is 12.1 Å². The van der Waals surface area contributed by atoms with Gasteiger partial charge in [0.1, 0.15) is 5.60 Å². The van der Waals surface area contributed by atoms with Crippen LogP contribution >= 0.6 is 0 Å². The smallest absolute Gasteiger partial charge is 0.408 e. The van der Waals surface area contributed by atoms with E-state index in [1.165, 1.54) is 12.1 Å². The average Bonchev–Trinajstić information content (AvgIpc) is 3.30. The van der Waals surface area contributed by atoms with Gasteiger partial charge in [-0.25, -0.2) is 18.4 Å². The number of nitrogens with one attached hydrogen (secondary N) is 4. The highest BCUT2D eigenvalue weighted by molar-refractivity contribution is 5.79. The van der Waals surface area contributed by atoms with E-state index in [0.29, 0.717) is 23.0 Å². The number of rotatable bonds is 10. The maximum atomic E-state index is 13.7. The number of fused-ring (bicyclic) bond motifs is 1. The third-order valence-corrected chi connectivity index (χ3v) is 9.71. The second-order valence-electron chi connectivity index (χ2n) is 16.5. The molecule has 4 bridgehead atoms. The lowest BCUT2D eigenvalue weighted by Gasteiger charge is -2.62. The molecule has 4 N–H and O–H groups in total. The molecule has 0 spiro atoms. The van der Waals surface area contributed by atoms with E-state index in [0.717, 1.165) is 38.5 Å². The molecular formula is C34H51F2N5O5. The molecule has 4 aliphatic carbocycles. The zero-order valence-corrected chi connectivity index (χ0v) is 28.3. The lowest BCUT2D eigenvalue weighted by molar-refractivity contribution is -0.132. The van der Waals surface area contributed by atoms with Gasteiger partial charge < -0.3 is 35.6 Å². The van der Waals surface area contributed by atoms with Gasteiger partial charge in [0.25, 0.3) is 0 Å². The molecule has 1 aromatic rings. The van der Waals surface area contributed by atoms with E-state index in [9.17, 15) is 23.2 Å². The van der Waals surface area contributed by atoms with E-state index in [1.54, 1.807) is 25.7 Å². The third kappa shape index (κ3) is 8.29. The predicted molar refractivity (Wildman–Crippen MR) is 169 cm³/mol. The summed E-state index contributed by atoms with van der Waals surface area (Å²) in [4.78, 5) is 40.3. The molecule has 2 unspecified atom stereocenters. The van der Waals surface area contributed by atoms with Crippen LogP contribution in [0.2, 0.25) is 0 Å². The molecule has 6 rings (SSSR count). The predicted octanol–water partition coefficient (Wildman–Crippen LogP) is 4.89. The largest absolute Gasteiger partial charge is 0.444 e. The first-order chi connectivity index (χ1) is 21.2. The fraction of sp³-hybridized carbons (Fsp3) is 0.735. The number of hydrogen-bond donors (Lipinski definition) is 4. The Morgan fingerprint density at radius 2 is 1.48 bits per heavy atom. The van der Waals surface area contributed by atoms with Crippen molar-refractivity contribution < 1.29 is 32.6 Å². The Hall–Kier alpha value is -2.99. The molecule has 1 heterocycles. The second kappa shape index (κ2) is 12.2. The van der Waals surface area contributed by atoms with Crippen LogP contribution in [0.5, 0.6) is 0 Å². The van der Waals surface area contributed by atoms with Crippen LogP contribution in [-0.2, 0) is 27.4 Å². The topological polar surface area (TPSA) is 121 Å². The summed E-state index contributed by atoms with van der Waals surface area (Å²) < 4.78 is 38.9. The fourth-order valence-electron chi connectivity index (χ4n) is 8.18. The van der Waals surface area contributed by atoms with Crippen molar-refractivity contribution in [3.8, 4) is 0 Å². The molecule has 0 aromatic heterocycles. The number of nitrogens with zero attached hydrogens (tertiary/aromatic N) is 1. The lowest BCUT2D eigenvalue weighted by Crippen LogP contribution is -2.70. The average molecular weight is 648 g/mol. The molecule has 5 aliphatic rings. The highest BCUT2D eigenvalue weighted by atomic mass is 19.2. The van der Waals surface area contributed by atoms with Crippen LogP contribution in [0.25, 0.3) is 0 Å². The van der Waals surface area contributed by atoms with Gasteiger partial charge in [0.05, 0.1) is 24.3 Å². The van der Waals surface area contributed by atoms with Gasteiger partial charge in [0.2, 0.25) is 5.91 Å². The Bertz CT molecular complexity index is 1310. The first kappa shape index (κ1) is 34.3. The number of ether oxygens (including phenoxy) is 2. The van der Waals surface area contributed by atoms with E-state index in [2.05, 4.69) is 21.3 Å². The van der Waals surface area contributed by atoms with E-state index >= 15 is 0 Å². The number of amides is 4. The van der Waals surface area contributed by atoms with Crippen LogP contribution in [0, 0.1) is 23.5 Å². The van der Waals surface area contributed by atoms with Gasteiger partial charge in [-0.2, -0.15) is 0 Å². The maximum absolute atomic E-state index is 13.7. The summed E-state index contributed by atoms with van der Waals surface area (Å²) in [5.41, 5.74) is -1.29. The number of carbonyl (C=O) groups is 3. The van der Waals surface area contributed by atoms with Crippen LogP contribution in [0.4, 0.5) is 18.4 Å². The third-order valence-electron chi connectivity index (χ3n) is 9.71. The molecule has 12 heteroatoms. The van der Waals surface area contributed by atoms with Gasteiger partial charge in [0, 0.05) is 30.7 Å². The van der Waals surface area contributed by atoms with Crippen LogP contribution < -0.4 is 21.3 Å². The molecule has 2 atom stereocenters.